The number of nitrogens with zero attached hydrogens (tertiary/aromatic N) is 2. The topological polar surface area (TPSA) is 158 Å². The Morgan fingerprint density at radius 1 is 1.03 bits per heavy atom. The van der Waals surface area contributed by atoms with Crippen molar-refractivity contribution in [2.24, 2.45) is 5.73 Å². The van der Waals surface area contributed by atoms with Gasteiger partial charge in [0.2, 0.25) is 21.8 Å². The molecule has 1 aliphatic heterocycles. The lowest BCUT2D eigenvalue weighted by Crippen LogP contribution is -2.64. The Morgan fingerprint density at radius 3 is 2.39 bits per heavy atom. The first-order valence-electron chi connectivity index (χ1n) is 12.3. The molecule has 12 heteroatoms. The number of fused-ring (bicyclic) bond motifs is 1. The second-order valence-electron chi connectivity index (χ2n) is 9.52. The molecular weight excluding hydrogens is 508 g/mol. The van der Waals surface area contributed by atoms with E-state index in [0.29, 0.717) is 0 Å². The number of nitrogens with one attached hydrogen (secondary N) is 3. The van der Waals surface area contributed by atoms with Crippen LogP contribution in [0.3, 0.4) is 0 Å². The number of H-pyrrole nitrogens is 1. The summed E-state index contributed by atoms with van der Waals surface area (Å²) in [5.74, 6) is -1.41. The van der Waals surface area contributed by atoms with Gasteiger partial charge in [-0.15, -0.1) is 0 Å². The number of rotatable bonds is 8. The van der Waals surface area contributed by atoms with Gasteiger partial charge in [0.05, 0.1) is 4.90 Å². The molecule has 5 N–H and O–H groups in total. The van der Waals surface area contributed by atoms with Crippen LogP contribution in [0.4, 0.5) is 4.79 Å². The molecule has 1 fully saturated rings. The first-order valence-corrected chi connectivity index (χ1v) is 13.8. The van der Waals surface area contributed by atoms with E-state index in [-0.39, 0.29) is 37.0 Å². The standard InChI is InChI=1S/C26H32N6O5S/c1-17(2)29-26(35)32-13-12-31(38(36,37)19-8-4-3-5-9-19)16-23(32)25(34)30-22(24(27)33)14-18-15-28-21-11-7-6-10-20(18)21/h3-11,15,17,22-23,28H,12-14,16H2,1-2H3,(H2,27,33)(H,29,35)(H,30,34). The molecule has 2 atom stereocenters. The molecule has 2 aromatic carbocycles. The fraction of sp³-hybridized carbons (Fsp3) is 0.346. The molecule has 4 amide bonds. The van der Waals surface area contributed by atoms with E-state index in [2.05, 4.69) is 15.6 Å². The van der Waals surface area contributed by atoms with E-state index in [1.165, 1.54) is 21.3 Å². The van der Waals surface area contributed by atoms with Crippen molar-refractivity contribution in [2.45, 2.75) is 43.3 Å². The fourth-order valence-corrected chi connectivity index (χ4v) is 5.98. The van der Waals surface area contributed by atoms with Crippen molar-refractivity contribution in [2.75, 3.05) is 19.6 Å². The summed E-state index contributed by atoms with van der Waals surface area (Å²) >= 11 is 0. The predicted octanol–water partition coefficient (Wildman–Crippen LogP) is 1.17. The van der Waals surface area contributed by atoms with Gasteiger partial charge in [-0.05, 0) is 37.6 Å². The highest BCUT2D eigenvalue weighted by molar-refractivity contribution is 7.89. The molecule has 0 bridgehead atoms. The minimum absolute atomic E-state index is 0.00755. The fourth-order valence-electron chi connectivity index (χ4n) is 4.53. The number of aromatic nitrogens is 1. The van der Waals surface area contributed by atoms with Gasteiger partial charge in [-0.3, -0.25) is 9.59 Å². The summed E-state index contributed by atoms with van der Waals surface area (Å²) in [4.78, 5) is 43.4. The van der Waals surface area contributed by atoms with Crippen LogP contribution in [0.2, 0.25) is 0 Å². The minimum Gasteiger partial charge on any atom is -0.368 e. The molecule has 2 unspecified atom stereocenters. The van der Waals surface area contributed by atoms with E-state index in [4.69, 9.17) is 5.73 Å². The van der Waals surface area contributed by atoms with E-state index < -0.39 is 40.0 Å². The van der Waals surface area contributed by atoms with Crippen LogP contribution in [0, 0.1) is 0 Å². The van der Waals surface area contributed by atoms with Crippen LogP contribution in [-0.2, 0) is 26.0 Å². The second-order valence-corrected chi connectivity index (χ2v) is 11.5. The Hall–Kier alpha value is -3.90. The van der Waals surface area contributed by atoms with E-state index in [0.717, 1.165) is 16.5 Å². The van der Waals surface area contributed by atoms with Gasteiger partial charge in [-0.2, -0.15) is 4.31 Å². The highest BCUT2D eigenvalue weighted by Gasteiger charge is 2.41. The van der Waals surface area contributed by atoms with Gasteiger partial charge in [-0.25, -0.2) is 13.2 Å². The van der Waals surface area contributed by atoms with E-state index in [1.807, 2.05) is 24.3 Å². The van der Waals surface area contributed by atoms with Crippen molar-refractivity contribution in [1.82, 2.24) is 24.8 Å². The lowest BCUT2D eigenvalue weighted by Gasteiger charge is -2.40. The summed E-state index contributed by atoms with van der Waals surface area (Å²) in [6, 6.07) is 12.5. The Morgan fingerprint density at radius 2 is 1.71 bits per heavy atom. The molecule has 0 radical (unpaired) electrons. The zero-order valence-corrected chi connectivity index (χ0v) is 22.1. The van der Waals surface area contributed by atoms with Gasteiger partial charge in [0.15, 0.2) is 0 Å². The average molecular weight is 541 g/mol. The van der Waals surface area contributed by atoms with Crippen LogP contribution in [0.15, 0.2) is 65.7 Å². The third-order valence-electron chi connectivity index (χ3n) is 6.46. The molecule has 1 aliphatic rings. The molecule has 2 heterocycles. The van der Waals surface area contributed by atoms with Crippen LogP contribution in [0.5, 0.6) is 0 Å². The number of aromatic amines is 1. The van der Waals surface area contributed by atoms with Gasteiger partial charge >= 0.3 is 6.03 Å². The lowest BCUT2D eigenvalue weighted by atomic mass is 10.0. The third kappa shape index (κ3) is 5.81. The first kappa shape index (κ1) is 27.1. The van der Waals surface area contributed by atoms with Gasteiger partial charge in [0.1, 0.15) is 12.1 Å². The molecular formula is C26H32N6O5S. The first-order chi connectivity index (χ1) is 18.1. The molecule has 11 nitrogen and oxygen atoms in total. The number of carbonyl (C=O) groups excluding carboxylic acids is 3. The quantitative estimate of drug-likeness (QED) is 0.337. The normalized spacial score (nSPS) is 17.3. The maximum atomic E-state index is 13.5. The number of benzene rings is 2. The van der Waals surface area contributed by atoms with Crippen molar-refractivity contribution >= 4 is 38.8 Å². The molecule has 4 rings (SSSR count). The number of hydrogen-bond acceptors (Lipinski definition) is 5. The molecule has 0 saturated carbocycles. The lowest BCUT2D eigenvalue weighted by molar-refractivity contribution is -0.131. The number of carbonyl (C=O) groups is 3. The Labute approximate surface area is 221 Å². The maximum Gasteiger partial charge on any atom is 0.318 e. The molecule has 1 saturated heterocycles. The van der Waals surface area contributed by atoms with E-state index in [9.17, 15) is 22.8 Å². The van der Waals surface area contributed by atoms with Crippen LogP contribution < -0.4 is 16.4 Å². The van der Waals surface area contributed by atoms with Crippen molar-refractivity contribution in [3.8, 4) is 0 Å². The van der Waals surface area contributed by atoms with Crippen LogP contribution in [0.25, 0.3) is 10.9 Å². The number of primary amides is 1. The SMILES string of the molecule is CC(C)NC(=O)N1CCN(S(=O)(=O)c2ccccc2)CC1C(=O)NC(Cc1c[nH]c2ccccc12)C(N)=O. The molecule has 3 aromatic rings. The summed E-state index contributed by atoms with van der Waals surface area (Å²) in [5.41, 5.74) is 7.31. The highest BCUT2D eigenvalue weighted by Crippen LogP contribution is 2.22. The smallest absolute Gasteiger partial charge is 0.318 e. The molecule has 38 heavy (non-hydrogen) atoms. The number of sulfonamides is 1. The Kier molecular flexibility index (Phi) is 8.02. The predicted molar refractivity (Wildman–Crippen MR) is 142 cm³/mol. The number of para-hydroxylation sites is 1. The number of piperazine rings is 1. The molecule has 202 valence electrons. The molecule has 0 aliphatic carbocycles. The largest absolute Gasteiger partial charge is 0.368 e. The summed E-state index contributed by atoms with van der Waals surface area (Å²) < 4.78 is 27.7. The van der Waals surface area contributed by atoms with Gasteiger partial charge < -0.3 is 26.3 Å². The van der Waals surface area contributed by atoms with Crippen molar-refractivity contribution in [1.29, 1.82) is 0 Å². The number of nitrogens with two attached hydrogens (primary N) is 1. The van der Waals surface area contributed by atoms with Crippen molar-refractivity contribution < 1.29 is 22.8 Å². The summed E-state index contributed by atoms with van der Waals surface area (Å²) in [7, 11) is -3.91. The summed E-state index contributed by atoms with van der Waals surface area (Å²) in [5, 5.41) is 6.32. The van der Waals surface area contributed by atoms with Crippen molar-refractivity contribution in [3.63, 3.8) is 0 Å². The monoisotopic (exact) mass is 540 g/mol. The summed E-state index contributed by atoms with van der Waals surface area (Å²) in [6.45, 7) is 3.31. The van der Waals surface area contributed by atoms with Gasteiger partial charge in [-0.1, -0.05) is 36.4 Å². The van der Waals surface area contributed by atoms with Gasteiger partial charge in [0, 0.05) is 49.2 Å². The second kappa shape index (κ2) is 11.2. The van der Waals surface area contributed by atoms with E-state index >= 15 is 0 Å². The molecule has 1 aromatic heterocycles. The minimum atomic E-state index is -3.91. The average Bonchev–Trinajstić information content (AvgIpc) is 3.30. The van der Waals surface area contributed by atoms with Crippen LogP contribution in [0.1, 0.15) is 19.4 Å². The Balaban J connectivity index is 1.58. The zero-order chi connectivity index (χ0) is 27.4. The van der Waals surface area contributed by atoms with Crippen LogP contribution >= 0.6 is 0 Å². The maximum absolute atomic E-state index is 13.5. The highest BCUT2D eigenvalue weighted by atomic mass is 32.2. The number of urea groups is 1. The molecule has 0 spiro atoms. The Bertz CT molecular complexity index is 1420. The van der Waals surface area contributed by atoms with Gasteiger partial charge in [0.25, 0.3) is 0 Å². The summed E-state index contributed by atoms with van der Waals surface area (Å²) in [6.07, 6.45) is 1.88. The van der Waals surface area contributed by atoms with Crippen molar-refractivity contribution in [3.05, 3.63) is 66.4 Å². The zero-order valence-electron chi connectivity index (χ0n) is 21.3. The third-order valence-corrected chi connectivity index (χ3v) is 8.34. The number of hydrogen-bond donors (Lipinski definition) is 4. The number of amides is 4. The van der Waals surface area contributed by atoms with E-state index in [1.54, 1.807) is 38.2 Å². The van der Waals surface area contributed by atoms with Crippen LogP contribution in [-0.4, -0.2) is 78.2 Å².